The zero-order chi connectivity index (χ0) is 14.2. The molecule has 1 aliphatic carbocycles. The SMILES string of the molecule is NC1(C2CS(=O)(=O)c3ccccc32)CCCCCCC1. The van der Waals surface area contributed by atoms with Crippen molar-refractivity contribution in [3.05, 3.63) is 29.8 Å². The number of sulfone groups is 1. The van der Waals surface area contributed by atoms with Crippen LogP contribution in [0.15, 0.2) is 29.2 Å². The van der Waals surface area contributed by atoms with Crippen LogP contribution in [0.4, 0.5) is 0 Å². The summed E-state index contributed by atoms with van der Waals surface area (Å²) < 4.78 is 24.7. The third-order valence-corrected chi connectivity index (χ3v) is 6.81. The predicted octanol–water partition coefficient (Wildman–Crippen LogP) is 3.00. The van der Waals surface area contributed by atoms with Crippen LogP contribution in [0.25, 0.3) is 0 Å². The van der Waals surface area contributed by atoms with Gasteiger partial charge >= 0.3 is 0 Å². The maximum atomic E-state index is 12.3. The Morgan fingerprint density at radius 2 is 1.60 bits per heavy atom. The third-order valence-electron chi connectivity index (χ3n) is 4.99. The molecule has 0 saturated heterocycles. The highest BCUT2D eigenvalue weighted by molar-refractivity contribution is 7.91. The van der Waals surface area contributed by atoms with Crippen molar-refractivity contribution in [3.63, 3.8) is 0 Å². The molecule has 2 aliphatic rings. The summed E-state index contributed by atoms with van der Waals surface area (Å²) in [5, 5.41) is 0. The number of rotatable bonds is 1. The second-order valence-electron chi connectivity index (χ2n) is 6.37. The molecule has 20 heavy (non-hydrogen) atoms. The molecular weight excluding hydrogens is 270 g/mol. The molecule has 4 heteroatoms. The minimum Gasteiger partial charge on any atom is -0.325 e. The molecule has 0 radical (unpaired) electrons. The number of benzene rings is 1. The molecule has 1 aromatic carbocycles. The summed E-state index contributed by atoms with van der Waals surface area (Å²) in [5.74, 6) is 0.171. The van der Waals surface area contributed by atoms with Crippen LogP contribution >= 0.6 is 0 Å². The molecular formula is C16H23NO2S. The van der Waals surface area contributed by atoms with Crippen LogP contribution in [0.1, 0.15) is 56.4 Å². The van der Waals surface area contributed by atoms with E-state index in [0.717, 1.165) is 31.2 Å². The van der Waals surface area contributed by atoms with Gasteiger partial charge in [0.2, 0.25) is 0 Å². The van der Waals surface area contributed by atoms with Crippen LogP contribution in [-0.2, 0) is 9.84 Å². The highest BCUT2D eigenvalue weighted by Crippen LogP contribution is 2.44. The van der Waals surface area contributed by atoms with E-state index in [0.29, 0.717) is 4.90 Å². The Balaban J connectivity index is 1.98. The lowest BCUT2D eigenvalue weighted by Crippen LogP contribution is -2.47. The van der Waals surface area contributed by atoms with Crippen molar-refractivity contribution in [2.45, 2.75) is 61.3 Å². The molecule has 1 atom stereocenters. The average molecular weight is 293 g/mol. The molecule has 1 unspecified atom stereocenters. The van der Waals surface area contributed by atoms with E-state index in [1.165, 1.54) is 19.3 Å². The van der Waals surface area contributed by atoms with Gasteiger partial charge in [0, 0.05) is 11.5 Å². The van der Waals surface area contributed by atoms with Gasteiger partial charge in [0.05, 0.1) is 10.6 Å². The van der Waals surface area contributed by atoms with Crippen molar-refractivity contribution >= 4 is 9.84 Å². The lowest BCUT2D eigenvalue weighted by atomic mass is 9.73. The first kappa shape index (κ1) is 14.1. The quantitative estimate of drug-likeness (QED) is 0.866. The molecule has 1 aliphatic heterocycles. The van der Waals surface area contributed by atoms with Crippen molar-refractivity contribution in [3.8, 4) is 0 Å². The molecule has 0 aromatic heterocycles. The Morgan fingerprint density at radius 3 is 2.30 bits per heavy atom. The van der Waals surface area contributed by atoms with Gasteiger partial charge in [-0.3, -0.25) is 0 Å². The monoisotopic (exact) mass is 293 g/mol. The van der Waals surface area contributed by atoms with E-state index in [1.807, 2.05) is 12.1 Å². The van der Waals surface area contributed by atoms with E-state index < -0.39 is 9.84 Å². The molecule has 3 rings (SSSR count). The van der Waals surface area contributed by atoms with Crippen LogP contribution < -0.4 is 5.73 Å². The van der Waals surface area contributed by atoms with E-state index in [1.54, 1.807) is 12.1 Å². The highest BCUT2D eigenvalue weighted by Gasteiger charge is 2.45. The van der Waals surface area contributed by atoms with Gasteiger partial charge in [-0.1, -0.05) is 50.3 Å². The van der Waals surface area contributed by atoms with Crippen molar-refractivity contribution < 1.29 is 8.42 Å². The average Bonchev–Trinajstić information content (AvgIpc) is 2.68. The van der Waals surface area contributed by atoms with Crippen LogP contribution in [0, 0.1) is 0 Å². The van der Waals surface area contributed by atoms with Crippen LogP contribution in [0.2, 0.25) is 0 Å². The molecule has 0 spiro atoms. The number of fused-ring (bicyclic) bond motifs is 1. The van der Waals surface area contributed by atoms with Gasteiger partial charge in [-0.25, -0.2) is 8.42 Å². The first-order valence-corrected chi connectivity index (χ1v) is 9.29. The summed E-state index contributed by atoms with van der Waals surface area (Å²) in [7, 11) is -3.14. The molecule has 1 heterocycles. The number of nitrogens with two attached hydrogens (primary N) is 1. The largest absolute Gasteiger partial charge is 0.325 e. The normalized spacial score (nSPS) is 28.4. The van der Waals surface area contributed by atoms with Gasteiger partial charge in [-0.15, -0.1) is 0 Å². The van der Waals surface area contributed by atoms with Gasteiger partial charge in [0.15, 0.2) is 9.84 Å². The van der Waals surface area contributed by atoms with Crippen molar-refractivity contribution in [1.82, 2.24) is 0 Å². The second-order valence-corrected chi connectivity index (χ2v) is 8.38. The first-order valence-electron chi connectivity index (χ1n) is 7.63. The molecule has 110 valence electrons. The van der Waals surface area contributed by atoms with Crippen LogP contribution in [-0.4, -0.2) is 19.7 Å². The predicted molar refractivity (Wildman–Crippen MR) is 80.5 cm³/mol. The molecule has 3 nitrogen and oxygen atoms in total. The Hall–Kier alpha value is -0.870. The van der Waals surface area contributed by atoms with Gasteiger partial charge in [0.25, 0.3) is 0 Å². The summed E-state index contributed by atoms with van der Waals surface area (Å²) in [6, 6.07) is 7.42. The molecule has 1 saturated carbocycles. The van der Waals surface area contributed by atoms with E-state index >= 15 is 0 Å². The second kappa shape index (κ2) is 5.15. The minimum absolute atomic E-state index is 0.0261. The lowest BCUT2D eigenvalue weighted by molar-refractivity contribution is 0.277. The van der Waals surface area contributed by atoms with Gasteiger partial charge in [-0.05, 0) is 24.5 Å². The molecule has 0 amide bonds. The van der Waals surface area contributed by atoms with Crippen LogP contribution in [0.3, 0.4) is 0 Å². The first-order chi connectivity index (χ1) is 9.53. The van der Waals surface area contributed by atoms with Crippen molar-refractivity contribution in [2.75, 3.05) is 5.75 Å². The van der Waals surface area contributed by atoms with Gasteiger partial charge in [0.1, 0.15) is 0 Å². The summed E-state index contributed by atoms with van der Waals surface area (Å²) in [6.45, 7) is 0. The van der Waals surface area contributed by atoms with E-state index in [9.17, 15) is 8.42 Å². The summed E-state index contributed by atoms with van der Waals surface area (Å²) in [5.41, 5.74) is 7.31. The Kier molecular flexibility index (Phi) is 3.63. The maximum absolute atomic E-state index is 12.3. The standard InChI is InChI=1S/C16H23NO2S/c17-16(10-6-2-1-3-7-11-16)14-12-20(18,19)15-9-5-4-8-13(14)15/h4-5,8-9,14H,1-3,6-7,10-12,17H2. The molecule has 2 N–H and O–H groups in total. The summed E-state index contributed by atoms with van der Waals surface area (Å²) in [4.78, 5) is 0.511. The van der Waals surface area contributed by atoms with Crippen molar-refractivity contribution in [2.24, 2.45) is 5.73 Å². The molecule has 0 bridgehead atoms. The molecule has 1 fully saturated rings. The fourth-order valence-corrected chi connectivity index (χ4v) is 5.82. The lowest BCUT2D eigenvalue weighted by Gasteiger charge is -2.37. The Labute approximate surface area is 121 Å². The zero-order valence-corrected chi connectivity index (χ0v) is 12.7. The van der Waals surface area contributed by atoms with Gasteiger partial charge < -0.3 is 5.73 Å². The third kappa shape index (κ3) is 2.40. The number of hydrogen-bond donors (Lipinski definition) is 1. The summed E-state index contributed by atoms with van der Waals surface area (Å²) in [6.07, 6.45) is 7.86. The maximum Gasteiger partial charge on any atom is 0.179 e. The molecule has 1 aromatic rings. The van der Waals surface area contributed by atoms with Crippen LogP contribution in [0.5, 0.6) is 0 Å². The fourth-order valence-electron chi connectivity index (χ4n) is 3.84. The van der Waals surface area contributed by atoms with E-state index in [2.05, 4.69) is 0 Å². The highest BCUT2D eigenvalue weighted by atomic mass is 32.2. The fraction of sp³-hybridized carbons (Fsp3) is 0.625. The summed E-state index contributed by atoms with van der Waals surface area (Å²) >= 11 is 0. The number of hydrogen-bond acceptors (Lipinski definition) is 3. The Morgan fingerprint density at radius 1 is 1.00 bits per heavy atom. The van der Waals surface area contributed by atoms with E-state index in [-0.39, 0.29) is 17.2 Å². The van der Waals surface area contributed by atoms with Crippen molar-refractivity contribution in [1.29, 1.82) is 0 Å². The van der Waals surface area contributed by atoms with E-state index in [4.69, 9.17) is 5.73 Å². The Bertz CT molecular complexity index is 586. The smallest absolute Gasteiger partial charge is 0.179 e. The zero-order valence-electron chi connectivity index (χ0n) is 11.8. The minimum atomic E-state index is -3.14. The van der Waals surface area contributed by atoms with Gasteiger partial charge in [-0.2, -0.15) is 0 Å². The topological polar surface area (TPSA) is 60.2 Å².